The van der Waals surface area contributed by atoms with Crippen molar-refractivity contribution in [3.05, 3.63) is 34.3 Å². The summed E-state index contributed by atoms with van der Waals surface area (Å²) in [7, 11) is 0. The second-order valence-corrected chi connectivity index (χ2v) is 5.96. The van der Waals surface area contributed by atoms with E-state index in [4.69, 9.17) is 11.6 Å². The maximum atomic E-state index is 12.2. The van der Waals surface area contributed by atoms with Gasteiger partial charge in [0.15, 0.2) is 0 Å². The molecule has 1 aliphatic rings. The van der Waals surface area contributed by atoms with E-state index in [1.165, 1.54) is 31.2 Å². The molecule has 0 N–H and O–H groups in total. The minimum absolute atomic E-state index is 0.159. The van der Waals surface area contributed by atoms with Crippen LogP contribution in [0.3, 0.4) is 0 Å². The van der Waals surface area contributed by atoms with E-state index in [0.717, 1.165) is 29.3 Å². The number of alkyl halides is 1. The molecule has 0 aliphatic heterocycles. The summed E-state index contributed by atoms with van der Waals surface area (Å²) in [6.07, 6.45) is 6.77. The largest absolute Gasteiger partial charge is 0.251 e. The van der Waals surface area contributed by atoms with Crippen molar-refractivity contribution in [3.8, 4) is 0 Å². The molecule has 0 nitrogen and oxygen atoms in total. The van der Waals surface area contributed by atoms with Gasteiger partial charge in [-0.1, -0.05) is 23.7 Å². The van der Waals surface area contributed by atoms with Crippen molar-refractivity contribution in [2.75, 3.05) is 6.67 Å². The molecule has 100 valence electrons. The highest BCUT2D eigenvalue weighted by molar-refractivity contribution is 6.31. The van der Waals surface area contributed by atoms with Crippen LogP contribution >= 0.6 is 11.6 Å². The quantitative estimate of drug-likeness (QED) is 0.660. The van der Waals surface area contributed by atoms with Gasteiger partial charge in [-0.25, -0.2) is 0 Å². The summed E-state index contributed by atoms with van der Waals surface area (Å²) in [5, 5.41) is 0.882. The van der Waals surface area contributed by atoms with Crippen LogP contribution in [0.2, 0.25) is 5.02 Å². The van der Waals surface area contributed by atoms with E-state index in [1.54, 1.807) is 0 Å². The number of benzene rings is 1. The van der Waals surface area contributed by atoms with Crippen LogP contribution in [0, 0.1) is 12.8 Å². The Morgan fingerprint density at radius 2 is 1.94 bits per heavy atom. The SMILES string of the molecule is Cc1ccc(C2CCC(CCCF)CC2)cc1Cl. The predicted octanol–water partition coefficient (Wildman–Crippen LogP) is 5.67. The summed E-state index contributed by atoms with van der Waals surface area (Å²) in [6, 6.07) is 6.46. The molecule has 1 fully saturated rings. The first kappa shape index (κ1) is 13.9. The van der Waals surface area contributed by atoms with Crippen LogP contribution in [0.1, 0.15) is 55.6 Å². The number of hydrogen-bond acceptors (Lipinski definition) is 0. The third-order valence-electron chi connectivity index (χ3n) is 4.26. The van der Waals surface area contributed by atoms with E-state index in [9.17, 15) is 4.39 Å². The summed E-state index contributed by atoms with van der Waals surface area (Å²) in [5.74, 6) is 1.41. The van der Waals surface area contributed by atoms with Gasteiger partial charge in [0.25, 0.3) is 0 Å². The smallest absolute Gasteiger partial charge is 0.0894 e. The molecule has 0 bridgehead atoms. The van der Waals surface area contributed by atoms with Crippen LogP contribution < -0.4 is 0 Å². The lowest BCUT2D eigenvalue weighted by Crippen LogP contribution is -2.13. The minimum Gasteiger partial charge on any atom is -0.251 e. The maximum absolute atomic E-state index is 12.2. The fourth-order valence-corrected chi connectivity index (χ4v) is 3.20. The molecule has 0 heterocycles. The summed E-state index contributed by atoms with van der Waals surface area (Å²) < 4.78 is 12.2. The van der Waals surface area contributed by atoms with Crippen LogP contribution in [-0.4, -0.2) is 6.67 Å². The molecular weight excluding hydrogens is 247 g/mol. The van der Waals surface area contributed by atoms with Gasteiger partial charge in [0.2, 0.25) is 0 Å². The van der Waals surface area contributed by atoms with Crippen LogP contribution in [0.5, 0.6) is 0 Å². The van der Waals surface area contributed by atoms with E-state index in [2.05, 4.69) is 18.2 Å². The minimum atomic E-state index is -0.159. The molecule has 1 saturated carbocycles. The molecule has 0 amide bonds. The van der Waals surface area contributed by atoms with Crippen LogP contribution in [-0.2, 0) is 0 Å². The molecule has 0 saturated heterocycles. The number of hydrogen-bond donors (Lipinski definition) is 0. The molecule has 1 aromatic carbocycles. The fraction of sp³-hybridized carbons (Fsp3) is 0.625. The number of rotatable bonds is 4. The second-order valence-electron chi connectivity index (χ2n) is 5.56. The van der Waals surface area contributed by atoms with Gasteiger partial charge in [-0.05, 0) is 74.5 Å². The lowest BCUT2D eigenvalue weighted by atomic mass is 9.77. The summed E-state index contributed by atoms with van der Waals surface area (Å²) in [6.45, 7) is 1.88. The van der Waals surface area contributed by atoms with Crippen LogP contribution in [0.25, 0.3) is 0 Å². The molecule has 18 heavy (non-hydrogen) atoms. The fourth-order valence-electron chi connectivity index (χ4n) is 3.01. The van der Waals surface area contributed by atoms with Gasteiger partial charge in [-0.3, -0.25) is 4.39 Å². The highest BCUT2D eigenvalue weighted by atomic mass is 35.5. The molecule has 2 heteroatoms. The summed E-state index contributed by atoms with van der Waals surface area (Å²) in [5.41, 5.74) is 2.53. The highest BCUT2D eigenvalue weighted by Crippen LogP contribution is 2.38. The Kier molecular flexibility index (Phi) is 5.05. The lowest BCUT2D eigenvalue weighted by Gasteiger charge is -2.28. The Hall–Kier alpha value is -0.560. The number of aryl methyl sites for hydroxylation is 1. The first-order chi connectivity index (χ1) is 8.70. The van der Waals surface area contributed by atoms with E-state index in [0.29, 0.717) is 5.92 Å². The van der Waals surface area contributed by atoms with Crippen LogP contribution in [0.15, 0.2) is 18.2 Å². The molecule has 0 atom stereocenters. The molecule has 1 aromatic rings. The topological polar surface area (TPSA) is 0 Å². The molecule has 0 unspecified atom stereocenters. The van der Waals surface area contributed by atoms with Crippen molar-refractivity contribution in [2.45, 2.75) is 51.4 Å². The third-order valence-corrected chi connectivity index (χ3v) is 4.67. The normalized spacial score (nSPS) is 24.2. The highest BCUT2D eigenvalue weighted by Gasteiger charge is 2.22. The van der Waals surface area contributed by atoms with E-state index >= 15 is 0 Å². The Morgan fingerprint density at radius 3 is 2.56 bits per heavy atom. The molecule has 2 rings (SSSR count). The average Bonchev–Trinajstić information content (AvgIpc) is 2.40. The van der Waals surface area contributed by atoms with Crippen molar-refractivity contribution < 1.29 is 4.39 Å². The van der Waals surface area contributed by atoms with Gasteiger partial charge in [0, 0.05) is 5.02 Å². The lowest BCUT2D eigenvalue weighted by molar-refractivity contribution is 0.293. The standard InChI is InChI=1S/C16H22ClF/c1-12-4-7-15(11-16(12)17)14-8-5-13(6-9-14)3-2-10-18/h4,7,11,13-14H,2-3,5-6,8-10H2,1H3. The first-order valence-electron chi connectivity index (χ1n) is 7.02. The van der Waals surface area contributed by atoms with Crippen molar-refractivity contribution in [2.24, 2.45) is 5.92 Å². The molecule has 0 radical (unpaired) electrons. The molecule has 0 aromatic heterocycles. The Labute approximate surface area is 115 Å². The van der Waals surface area contributed by atoms with Gasteiger partial charge < -0.3 is 0 Å². The van der Waals surface area contributed by atoms with Crippen molar-refractivity contribution in [1.29, 1.82) is 0 Å². The van der Waals surface area contributed by atoms with Gasteiger partial charge >= 0.3 is 0 Å². The number of halogens is 2. The molecule has 0 spiro atoms. The molecule has 1 aliphatic carbocycles. The van der Waals surface area contributed by atoms with Gasteiger partial charge in [0.1, 0.15) is 0 Å². The Morgan fingerprint density at radius 1 is 1.22 bits per heavy atom. The Balaban J connectivity index is 1.90. The van der Waals surface area contributed by atoms with Crippen molar-refractivity contribution >= 4 is 11.6 Å². The van der Waals surface area contributed by atoms with Crippen LogP contribution in [0.4, 0.5) is 4.39 Å². The summed E-state index contributed by atoms with van der Waals surface area (Å²) in [4.78, 5) is 0. The van der Waals surface area contributed by atoms with E-state index in [-0.39, 0.29) is 6.67 Å². The zero-order chi connectivity index (χ0) is 13.0. The van der Waals surface area contributed by atoms with E-state index in [1.807, 2.05) is 6.92 Å². The van der Waals surface area contributed by atoms with Gasteiger partial charge in [0.05, 0.1) is 6.67 Å². The van der Waals surface area contributed by atoms with Gasteiger partial charge in [-0.15, -0.1) is 0 Å². The first-order valence-corrected chi connectivity index (χ1v) is 7.40. The van der Waals surface area contributed by atoms with Gasteiger partial charge in [-0.2, -0.15) is 0 Å². The third kappa shape index (κ3) is 3.47. The average molecular weight is 269 g/mol. The van der Waals surface area contributed by atoms with Crippen molar-refractivity contribution in [1.82, 2.24) is 0 Å². The maximum Gasteiger partial charge on any atom is 0.0894 e. The summed E-state index contributed by atoms with van der Waals surface area (Å²) >= 11 is 6.19. The monoisotopic (exact) mass is 268 g/mol. The Bertz CT molecular complexity index is 381. The zero-order valence-corrected chi connectivity index (χ0v) is 11.8. The van der Waals surface area contributed by atoms with E-state index < -0.39 is 0 Å². The molecular formula is C16H22ClF. The van der Waals surface area contributed by atoms with Crippen molar-refractivity contribution in [3.63, 3.8) is 0 Å². The second kappa shape index (κ2) is 6.56. The predicted molar refractivity (Wildman–Crippen MR) is 76.1 cm³/mol. The zero-order valence-electron chi connectivity index (χ0n) is 11.1.